The normalized spacial score (nSPS) is 14.2. The van der Waals surface area contributed by atoms with Gasteiger partial charge in [-0.15, -0.1) is 0 Å². The maximum absolute atomic E-state index is 12.5. The minimum Gasteiger partial charge on any atom is -0.497 e. The molecule has 25 heavy (non-hydrogen) atoms. The van der Waals surface area contributed by atoms with E-state index in [-0.39, 0.29) is 22.8 Å². The van der Waals surface area contributed by atoms with Gasteiger partial charge in [0.25, 0.3) is 0 Å². The number of likely N-dealkylation sites (N-methyl/N-ethyl adjacent to an activating group) is 1. The van der Waals surface area contributed by atoms with E-state index in [1.807, 2.05) is 13.8 Å². The number of amides is 1. The number of carbonyl (C=O) groups excluding carboxylic acids is 1. The van der Waals surface area contributed by atoms with Gasteiger partial charge in [-0.2, -0.15) is 4.72 Å². The Morgan fingerprint density at radius 3 is 2.24 bits per heavy atom. The van der Waals surface area contributed by atoms with Crippen LogP contribution in [-0.2, 0) is 14.8 Å². The van der Waals surface area contributed by atoms with Crippen molar-refractivity contribution in [3.8, 4) is 5.75 Å². The predicted molar refractivity (Wildman–Crippen MR) is 98.1 cm³/mol. The number of carbonyl (C=O) groups is 1. The molecule has 1 amide bonds. The molecule has 7 nitrogen and oxygen atoms in total. The molecule has 0 saturated heterocycles. The standard InChI is InChI=1S/C17H29N3O4S/c1-6-18-13(4)11-19-17(21)16(12(2)3)20-25(22,23)15-9-7-14(24-5)8-10-15/h7-10,12-13,16,18,20H,6,11H2,1-5H3,(H,19,21)/t13-,16?/m1/s1. The Balaban J connectivity index is 2.82. The summed E-state index contributed by atoms with van der Waals surface area (Å²) in [4.78, 5) is 12.5. The van der Waals surface area contributed by atoms with Crippen molar-refractivity contribution < 1.29 is 17.9 Å². The molecule has 3 N–H and O–H groups in total. The van der Waals surface area contributed by atoms with Crippen molar-refractivity contribution in [2.24, 2.45) is 5.92 Å². The minimum atomic E-state index is -3.81. The summed E-state index contributed by atoms with van der Waals surface area (Å²) in [7, 11) is -2.30. The van der Waals surface area contributed by atoms with E-state index < -0.39 is 16.1 Å². The fourth-order valence-corrected chi connectivity index (χ4v) is 3.61. The fraction of sp³-hybridized carbons (Fsp3) is 0.588. The van der Waals surface area contributed by atoms with E-state index in [4.69, 9.17) is 4.74 Å². The van der Waals surface area contributed by atoms with Crippen molar-refractivity contribution in [1.29, 1.82) is 0 Å². The van der Waals surface area contributed by atoms with Crippen LogP contribution in [0.25, 0.3) is 0 Å². The number of hydrogen-bond donors (Lipinski definition) is 3. The second kappa shape index (κ2) is 9.74. The van der Waals surface area contributed by atoms with Crippen molar-refractivity contribution in [1.82, 2.24) is 15.4 Å². The summed E-state index contributed by atoms with van der Waals surface area (Å²) in [5.74, 6) is 0.0359. The molecule has 142 valence electrons. The molecule has 0 aliphatic heterocycles. The first-order valence-corrected chi connectivity index (χ1v) is 9.87. The molecule has 1 unspecified atom stereocenters. The van der Waals surface area contributed by atoms with E-state index in [9.17, 15) is 13.2 Å². The van der Waals surface area contributed by atoms with E-state index in [1.165, 1.54) is 19.2 Å². The molecule has 1 rings (SSSR count). The van der Waals surface area contributed by atoms with Crippen LogP contribution in [0, 0.1) is 5.92 Å². The second-order valence-electron chi connectivity index (χ2n) is 6.22. The summed E-state index contributed by atoms with van der Waals surface area (Å²) in [5.41, 5.74) is 0. The number of sulfonamides is 1. The molecule has 0 aliphatic carbocycles. The molecule has 1 aromatic carbocycles. The van der Waals surface area contributed by atoms with Gasteiger partial charge < -0.3 is 15.4 Å². The highest BCUT2D eigenvalue weighted by Gasteiger charge is 2.28. The molecule has 0 saturated carbocycles. The van der Waals surface area contributed by atoms with Crippen LogP contribution in [0.4, 0.5) is 0 Å². The summed E-state index contributed by atoms with van der Waals surface area (Å²) >= 11 is 0. The first kappa shape index (κ1) is 21.4. The summed E-state index contributed by atoms with van der Waals surface area (Å²) in [6.45, 7) is 8.77. The zero-order valence-electron chi connectivity index (χ0n) is 15.5. The van der Waals surface area contributed by atoms with Crippen LogP contribution in [0.15, 0.2) is 29.2 Å². The molecular formula is C17H29N3O4S. The zero-order chi connectivity index (χ0) is 19.0. The van der Waals surface area contributed by atoms with Crippen LogP contribution in [-0.4, -0.2) is 46.6 Å². The van der Waals surface area contributed by atoms with Gasteiger partial charge in [-0.1, -0.05) is 20.8 Å². The van der Waals surface area contributed by atoms with Gasteiger partial charge in [0.05, 0.1) is 12.0 Å². The maximum Gasteiger partial charge on any atom is 0.241 e. The fourth-order valence-electron chi connectivity index (χ4n) is 2.27. The topological polar surface area (TPSA) is 96.5 Å². The molecule has 0 fully saturated rings. The van der Waals surface area contributed by atoms with Gasteiger partial charge in [0, 0.05) is 12.6 Å². The van der Waals surface area contributed by atoms with Crippen molar-refractivity contribution in [2.45, 2.75) is 44.7 Å². The first-order chi connectivity index (χ1) is 11.7. The Bertz CT molecular complexity index is 644. The van der Waals surface area contributed by atoms with E-state index in [0.717, 1.165) is 6.54 Å². The number of methoxy groups -OCH3 is 1. The highest BCUT2D eigenvalue weighted by molar-refractivity contribution is 7.89. The molecule has 2 atom stereocenters. The smallest absolute Gasteiger partial charge is 0.241 e. The lowest BCUT2D eigenvalue weighted by atomic mass is 10.1. The third-order valence-corrected chi connectivity index (χ3v) is 5.19. The van der Waals surface area contributed by atoms with Gasteiger partial charge in [-0.05, 0) is 43.7 Å². The average molecular weight is 372 g/mol. The van der Waals surface area contributed by atoms with E-state index in [1.54, 1.807) is 26.0 Å². The molecule has 0 radical (unpaired) electrons. The summed E-state index contributed by atoms with van der Waals surface area (Å²) in [5, 5.41) is 5.98. The molecule has 1 aromatic rings. The SMILES string of the molecule is CCN[C@H](C)CNC(=O)C(NS(=O)(=O)c1ccc(OC)cc1)C(C)C. The number of rotatable bonds is 10. The first-order valence-electron chi connectivity index (χ1n) is 8.38. The van der Waals surface area contributed by atoms with E-state index in [0.29, 0.717) is 12.3 Å². The van der Waals surface area contributed by atoms with Gasteiger partial charge in [0.1, 0.15) is 11.8 Å². The predicted octanol–water partition coefficient (Wildman–Crippen LogP) is 1.11. The maximum atomic E-state index is 12.5. The van der Waals surface area contributed by atoms with Crippen LogP contribution in [0.2, 0.25) is 0 Å². The Morgan fingerprint density at radius 2 is 1.76 bits per heavy atom. The minimum absolute atomic E-state index is 0.0905. The van der Waals surface area contributed by atoms with Crippen LogP contribution < -0.4 is 20.1 Å². The van der Waals surface area contributed by atoms with Crippen LogP contribution in [0.1, 0.15) is 27.7 Å². The lowest BCUT2D eigenvalue weighted by molar-refractivity contribution is -0.123. The van der Waals surface area contributed by atoms with E-state index >= 15 is 0 Å². The van der Waals surface area contributed by atoms with Crippen molar-refractivity contribution in [3.05, 3.63) is 24.3 Å². The Hall–Kier alpha value is -1.64. The zero-order valence-corrected chi connectivity index (χ0v) is 16.3. The summed E-state index contributed by atoms with van der Waals surface area (Å²) in [6, 6.07) is 5.29. The highest BCUT2D eigenvalue weighted by atomic mass is 32.2. The van der Waals surface area contributed by atoms with Gasteiger partial charge in [-0.25, -0.2) is 8.42 Å². The number of ether oxygens (including phenoxy) is 1. The summed E-state index contributed by atoms with van der Waals surface area (Å²) in [6.07, 6.45) is 0. The third-order valence-electron chi connectivity index (χ3n) is 3.74. The molecule has 0 bridgehead atoms. The monoisotopic (exact) mass is 371 g/mol. The Labute approximate surface area is 150 Å². The van der Waals surface area contributed by atoms with Gasteiger partial charge in [0.2, 0.25) is 15.9 Å². The van der Waals surface area contributed by atoms with Crippen molar-refractivity contribution in [2.75, 3.05) is 20.2 Å². The number of hydrogen-bond acceptors (Lipinski definition) is 5. The van der Waals surface area contributed by atoms with Crippen molar-refractivity contribution >= 4 is 15.9 Å². The summed E-state index contributed by atoms with van der Waals surface area (Å²) < 4.78 is 32.6. The highest BCUT2D eigenvalue weighted by Crippen LogP contribution is 2.16. The molecule has 0 aromatic heterocycles. The lowest BCUT2D eigenvalue weighted by Gasteiger charge is -2.23. The van der Waals surface area contributed by atoms with Crippen LogP contribution in [0.5, 0.6) is 5.75 Å². The lowest BCUT2D eigenvalue weighted by Crippen LogP contribution is -2.51. The molecule has 0 spiro atoms. The number of nitrogens with one attached hydrogen (secondary N) is 3. The molecule has 0 heterocycles. The third kappa shape index (κ3) is 6.64. The van der Waals surface area contributed by atoms with Crippen molar-refractivity contribution in [3.63, 3.8) is 0 Å². The van der Waals surface area contributed by atoms with E-state index in [2.05, 4.69) is 15.4 Å². The van der Waals surface area contributed by atoms with Gasteiger partial charge in [0.15, 0.2) is 0 Å². The quantitative estimate of drug-likeness (QED) is 0.573. The molecule has 8 heteroatoms. The Kier molecular flexibility index (Phi) is 8.34. The van der Waals surface area contributed by atoms with Gasteiger partial charge in [-0.3, -0.25) is 4.79 Å². The largest absolute Gasteiger partial charge is 0.497 e. The Morgan fingerprint density at radius 1 is 1.16 bits per heavy atom. The second-order valence-corrected chi connectivity index (χ2v) is 7.94. The van der Waals surface area contributed by atoms with Crippen LogP contribution in [0.3, 0.4) is 0 Å². The average Bonchev–Trinajstić information content (AvgIpc) is 2.57. The number of benzene rings is 1. The van der Waals surface area contributed by atoms with Crippen LogP contribution >= 0.6 is 0 Å². The van der Waals surface area contributed by atoms with Gasteiger partial charge >= 0.3 is 0 Å². The molecule has 0 aliphatic rings. The molecular weight excluding hydrogens is 342 g/mol.